The van der Waals surface area contributed by atoms with Gasteiger partial charge >= 0.3 is 0 Å². The van der Waals surface area contributed by atoms with E-state index < -0.39 is 19.7 Å². The fourth-order valence-electron chi connectivity index (χ4n) is 3.09. The van der Waals surface area contributed by atoms with E-state index in [0.717, 1.165) is 25.1 Å². The first-order valence-electron chi connectivity index (χ1n) is 8.37. The van der Waals surface area contributed by atoms with E-state index in [-0.39, 0.29) is 32.1 Å². The van der Waals surface area contributed by atoms with Gasteiger partial charge in [0.15, 0.2) is 9.84 Å². The molecule has 3 rings (SSSR count). The molecule has 1 aliphatic rings. The Kier molecular flexibility index (Phi) is 5.09. The van der Waals surface area contributed by atoms with E-state index in [1.165, 1.54) is 43.3 Å². The van der Waals surface area contributed by atoms with Gasteiger partial charge in [0.25, 0.3) is 0 Å². The molecule has 0 aliphatic carbocycles. The molecule has 1 aliphatic heterocycles. The summed E-state index contributed by atoms with van der Waals surface area (Å²) in [7, 11) is -7.44. The summed E-state index contributed by atoms with van der Waals surface area (Å²) in [6.45, 7) is 3.12. The normalized spacial score (nSPS) is 18.1. The van der Waals surface area contributed by atoms with Crippen LogP contribution in [-0.2, 0) is 19.7 Å². The molecular formula is C18H21NO5S2. The lowest BCUT2D eigenvalue weighted by atomic mass is 9.98. The Morgan fingerprint density at radius 3 is 2.35 bits per heavy atom. The standard InChI is InChI=1S/C18H21NO5S2/c1-2-25(21,22)14-4-3-5-15(10-14)26(23,24)16-6-7-17(18(20)11-16)13-8-9-19-12-13/h3-7,10-11,13,19-20H,2,8-9,12H2,1H3. The SMILES string of the molecule is CCS(=O)(=O)c1cccc(S(=O)(=O)c2ccc(C3CCNC3)c(O)c2)c1. The molecule has 6 nitrogen and oxygen atoms in total. The number of hydrogen-bond acceptors (Lipinski definition) is 6. The third-order valence-corrected chi connectivity index (χ3v) is 8.15. The van der Waals surface area contributed by atoms with E-state index in [0.29, 0.717) is 0 Å². The summed E-state index contributed by atoms with van der Waals surface area (Å²) in [5, 5.41) is 13.5. The van der Waals surface area contributed by atoms with E-state index in [4.69, 9.17) is 0 Å². The lowest BCUT2D eigenvalue weighted by molar-refractivity contribution is 0.460. The molecule has 2 N–H and O–H groups in total. The highest BCUT2D eigenvalue weighted by Crippen LogP contribution is 2.33. The van der Waals surface area contributed by atoms with Gasteiger partial charge in [-0.1, -0.05) is 19.1 Å². The third-order valence-electron chi connectivity index (χ3n) is 4.67. The molecule has 2 aromatic rings. The Hall–Kier alpha value is -1.90. The number of benzene rings is 2. The van der Waals surface area contributed by atoms with Crippen LogP contribution in [0.3, 0.4) is 0 Å². The van der Waals surface area contributed by atoms with Crippen molar-refractivity contribution in [2.45, 2.75) is 33.9 Å². The second kappa shape index (κ2) is 7.02. The number of nitrogens with one attached hydrogen (secondary N) is 1. The average molecular weight is 396 g/mol. The van der Waals surface area contributed by atoms with Crippen LogP contribution in [0.4, 0.5) is 0 Å². The molecule has 2 aromatic carbocycles. The average Bonchev–Trinajstić information content (AvgIpc) is 3.16. The maximum atomic E-state index is 12.9. The predicted molar refractivity (Wildman–Crippen MR) is 98.0 cm³/mol. The molecule has 1 unspecified atom stereocenters. The fraction of sp³-hybridized carbons (Fsp3) is 0.333. The predicted octanol–water partition coefficient (Wildman–Crippen LogP) is 2.10. The molecule has 1 fully saturated rings. The highest BCUT2D eigenvalue weighted by Gasteiger charge is 2.24. The van der Waals surface area contributed by atoms with Crippen molar-refractivity contribution in [3.63, 3.8) is 0 Å². The Bertz CT molecular complexity index is 1020. The van der Waals surface area contributed by atoms with Gasteiger partial charge < -0.3 is 10.4 Å². The van der Waals surface area contributed by atoms with Gasteiger partial charge in [0, 0.05) is 12.5 Å². The molecule has 0 aromatic heterocycles. The van der Waals surface area contributed by atoms with Crippen LogP contribution < -0.4 is 5.32 Å². The minimum atomic E-state index is -3.93. The zero-order chi connectivity index (χ0) is 18.9. The zero-order valence-corrected chi connectivity index (χ0v) is 16.0. The Labute approximate surface area is 153 Å². The second-order valence-electron chi connectivity index (χ2n) is 6.29. The Morgan fingerprint density at radius 2 is 1.73 bits per heavy atom. The van der Waals surface area contributed by atoms with Crippen molar-refractivity contribution in [1.29, 1.82) is 0 Å². The highest BCUT2D eigenvalue weighted by atomic mass is 32.2. The molecule has 0 saturated carbocycles. The fourth-order valence-corrected chi connectivity index (χ4v) is 5.42. The Morgan fingerprint density at radius 1 is 1.04 bits per heavy atom. The van der Waals surface area contributed by atoms with Crippen molar-refractivity contribution < 1.29 is 21.9 Å². The molecule has 0 spiro atoms. The van der Waals surface area contributed by atoms with Crippen LogP contribution in [-0.4, -0.2) is 40.8 Å². The molecule has 1 saturated heterocycles. The van der Waals surface area contributed by atoms with Gasteiger partial charge in [0.1, 0.15) is 5.75 Å². The van der Waals surface area contributed by atoms with Gasteiger partial charge in [0.2, 0.25) is 9.84 Å². The Balaban J connectivity index is 2.01. The van der Waals surface area contributed by atoms with E-state index in [1.54, 1.807) is 6.07 Å². The first-order valence-corrected chi connectivity index (χ1v) is 11.5. The molecule has 0 radical (unpaired) electrons. The molecule has 140 valence electrons. The van der Waals surface area contributed by atoms with Crippen LogP contribution in [0.15, 0.2) is 57.2 Å². The number of phenolic OH excluding ortho intramolecular Hbond substituents is 1. The number of rotatable bonds is 5. The quantitative estimate of drug-likeness (QED) is 0.804. The first kappa shape index (κ1) is 18.9. The lowest BCUT2D eigenvalue weighted by Gasteiger charge is -2.13. The first-order chi connectivity index (χ1) is 12.3. The highest BCUT2D eigenvalue weighted by molar-refractivity contribution is 7.92. The zero-order valence-electron chi connectivity index (χ0n) is 14.3. The summed E-state index contributed by atoms with van der Waals surface area (Å²) < 4.78 is 49.8. The molecular weight excluding hydrogens is 374 g/mol. The summed E-state index contributed by atoms with van der Waals surface area (Å²) in [5.74, 6) is -0.0107. The van der Waals surface area contributed by atoms with Crippen LogP contribution in [0.1, 0.15) is 24.8 Å². The van der Waals surface area contributed by atoms with Crippen molar-refractivity contribution >= 4 is 19.7 Å². The molecule has 0 bridgehead atoms. The van der Waals surface area contributed by atoms with Crippen LogP contribution >= 0.6 is 0 Å². The second-order valence-corrected chi connectivity index (χ2v) is 10.5. The van der Waals surface area contributed by atoms with Crippen molar-refractivity contribution in [3.05, 3.63) is 48.0 Å². The summed E-state index contributed by atoms with van der Waals surface area (Å²) in [6, 6.07) is 9.65. The summed E-state index contributed by atoms with van der Waals surface area (Å²) in [6.07, 6.45) is 0.885. The van der Waals surface area contributed by atoms with Crippen LogP contribution in [0, 0.1) is 0 Å². The molecule has 1 heterocycles. The van der Waals surface area contributed by atoms with Crippen molar-refractivity contribution in [1.82, 2.24) is 5.32 Å². The third kappa shape index (κ3) is 3.49. The van der Waals surface area contributed by atoms with E-state index >= 15 is 0 Å². The lowest BCUT2D eigenvalue weighted by Crippen LogP contribution is -2.09. The maximum Gasteiger partial charge on any atom is 0.206 e. The smallest absolute Gasteiger partial charge is 0.206 e. The van der Waals surface area contributed by atoms with E-state index in [9.17, 15) is 21.9 Å². The van der Waals surface area contributed by atoms with E-state index in [2.05, 4.69) is 5.32 Å². The number of sulfone groups is 2. The topological polar surface area (TPSA) is 101 Å². The van der Waals surface area contributed by atoms with Crippen LogP contribution in [0.25, 0.3) is 0 Å². The van der Waals surface area contributed by atoms with Gasteiger partial charge in [0.05, 0.1) is 20.4 Å². The van der Waals surface area contributed by atoms with E-state index in [1.807, 2.05) is 0 Å². The largest absolute Gasteiger partial charge is 0.508 e. The van der Waals surface area contributed by atoms with Gasteiger partial charge in [-0.3, -0.25) is 0 Å². The van der Waals surface area contributed by atoms with Crippen LogP contribution in [0.5, 0.6) is 5.75 Å². The van der Waals surface area contributed by atoms with Crippen molar-refractivity contribution in [2.75, 3.05) is 18.8 Å². The molecule has 0 amide bonds. The summed E-state index contributed by atoms with van der Waals surface area (Å²) in [5.41, 5.74) is 0.719. The van der Waals surface area contributed by atoms with Crippen LogP contribution in [0.2, 0.25) is 0 Å². The summed E-state index contributed by atoms with van der Waals surface area (Å²) >= 11 is 0. The monoisotopic (exact) mass is 395 g/mol. The minimum Gasteiger partial charge on any atom is -0.508 e. The van der Waals surface area contributed by atoms with Gasteiger partial charge in [-0.05, 0) is 48.9 Å². The van der Waals surface area contributed by atoms with Crippen molar-refractivity contribution in [3.8, 4) is 5.75 Å². The molecule has 26 heavy (non-hydrogen) atoms. The van der Waals surface area contributed by atoms with Gasteiger partial charge in [-0.15, -0.1) is 0 Å². The number of phenols is 1. The maximum absolute atomic E-state index is 12.9. The number of aromatic hydroxyl groups is 1. The van der Waals surface area contributed by atoms with Gasteiger partial charge in [-0.2, -0.15) is 0 Å². The minimum absolute atomic E-state index is 0.0288. The van der Waals surface area contributed by atoms with Gasteiger partial charge in [-0.25, -0.2) is 16.8 Å². The number of hydrogen-bond donors (Lipinski definition) is 2. The molecule has 1 atom stereocenters. The van der Waals surface area contributed by atoms with Crippen molar-refractivity contribution in [2.24, 2.45) is 0 Å². The summed E-state index contributed by atoms with van der Waals surface area (Å²) in [4.78, 5) is -0.198. The molecule has 8 heteroatoms.